The Morgan fingerprint density at radius 3 is 2.19 bits per heavy atom. The number of benzene rings is 2. The molecule has 0 spiro atoms. The quantitative estimate of drug-likeness (QED) is 0.606. The second kappa shape index (κ2) is 8.72. The van der Waals surface area contributed by atoms with Gasteiger partial charge in [0.1, 0.15) is 12.3 Å². The summed E-state index contributed by atoms with van der Waals surface area (Å²) in [7, 11) is -3.62. The Hall–Kier alpha value is -1.81. The Kier molecular flexibility index (Phi) is 6.87. The maximum atomic E-state index is 12.3. The number of ether oxygens (including phenoxy) is 1. The molecule has 6 nitrogen and oxygen atoms in total. The van der Waals surface area contributed by atoms with Crippen molar-refractivity contribution in [3.05, 3.63) is 52.1 Å². The van der Waals surface area contributed by atoms with E-state index in [0.717, 1.165) is 14.1 Å². The number of carbonyl (C=O) groups is 1. The van der Waals surface area contributed by atoms with Crippen LogP contribution in [0.1, 0.15) is 13.8 Å². The lowest BCUT2D eigenvalue weighted by Gasteiger charge is -2.22. The van der Waals surface area contributed by atoms with Gasteiger partial charge < -0.3 is 10.1 Å². The van der Waals surface area contributed by atoms with Gasteiger partial charge in [0, 0.05) is 9.26 Å². The summed E-state index contributed by atoms with van der Waals surface area (Å²) < 4.78 is 31.9. The zero-order valence-electron chi connectivity index (χ0n) is 14.8. The second-order valence-electron chi connectivity index (χ2n) is 5.99. The second-order valence-corrected chi connectivity index (χ2v) is 9.14. The van der Waals surface area contributed by atoms with Crippen LogP contribution in [-0.4, -0.2) is 33.2 Å². The van der Waals surface area contributed by atoms with Crippen LogP contribution in [0.15, 0.2) is 48.5 Å². The molecule has 0 aliphatic heterocycles. The lowest BCUT2D eigenvalue weighted by Crippen LogP contribution is -2.37. The molecule has 2 rings (SSSR count). The molecule has 0 aliphatic rings. The fourth-order valence-electron chi connectivity index (χ4n) is 2.23. The third-order valence-electron chi connectivity index (χ3n) is 3.31. The highest BCUT2D eigenvalue weighted by Crippen LogP contribution is 2.22. The molecule has 2 aromatic carbocycles. The van der Waals surface area contributed by atoms with Crippen molar-refractivity contribution in [2.24, 2.45) is 0 Å². The van der Waals surface area contributed by atoms with E-state index in [1.54, 1.807) is 36.4 Å². The summed E-state index contributed by atoms with van der Waals surface area (Å²) in [5.41, 5.74) is 1.02. The molecule has 0 saturated carbocycles. The lowest BCUT2D eigenvalue weighted by molar-refractivity contribution is -0.114. The van der Waals surface area contributed by atoms with Gasteiger partial charge in [0.15, 0.2) is 0 Å². The molecule has 0 unspecified atom stereocenters. The number of rotatable bonds is 7. The lowest BCUT2D eigenvalue weighted by atomic mass is 10.3. The molecule has 8 heteroatoms. The molecule has 0 atom stereocenters. The Morgan fingerprint density at radius 1 is 1.12 bits per heavy atom. The van der Waals surface area contributed by atoms with Gasteiger partial charge in [0.2, 0.25) is 15.9 Å². The summed E-state index contributed by atoms with van der Waals surface area (Å²) in [6, 6.07) is 13.9. The number of hydrogen-bond donors (Lipinski definition) is 1. The molecule has 0 fully saturated rings. The van der Waals surface area contributed by atoms with Crippen molar-refractivity contribution in [1.82, 2.24) is 0 Å². The number of nitrogens with zero attached hydrogens (tertiary/aromatic N) is 1. The van der Waals surface area contributed by atoms with Crippen LogP contribution in [0.3, 0.4) is 0 Å². The van der Waals surface area contributed by atoms with E-state index in [9.17, 15) is 13.2 Å². The van der Waals surface area contributed by atoms with Crippen molar-refractivity contribution in [3.63, 3.8) is 0 Å². The minimum absolute atomic E-state index is 0.0200. The van der Waals surface area contributed by atoms with Crippen molar-refractivity contribution in [1.29, 1.82) is 0 Å². The molecule has 1 N–H and O–H groups in total. The molecule has 0 aromatic heterocycles. The number of sulfonamides is 1. The Labute approximate surface area is 167 Å². The Morgan fingerprint density at radius 2 is 1.69 bits per heavy atom. The third kappa shape index (κ3) is 6.17. The maximum Gasteiger partial charge on any atom is 0.245 e. The van der Waals surface area contributed by atoms with Crippen molar-refractivity contribution < 1.29 is 17.9 Å². The zero-order chi connectivity index (χ0) is 19.3. The molecule has 0 saturated heterocycles. The van der Waals surface area contributed by atoms with Gasteiger partial charge in [-0.05, 0) is 85.0 Å². The van der Waals surface area contributed by atoms with Crippen LogP contribution < -0.4 is 14.4 Å². The van der Waals surface area contributed by atoms with Gasteiger partial charge in [-0.15, -0.1) is 0 Å². The first-order valence-corrected chi connectivity index (χ1v) is 10.9. The molecule has 0 bridgehead atoms. The summed E-state index contributed by atoms with van der Waals surface area (Å²) in [5, 5.41) is 2.71. The zero-order valence-corrected chi connectivity index (χ0v) is 17.7. The first kappa shape index (κ1) is 20.5. The first-order chi connectivity index (χ1) is 12.1. The van der Waals surface area contributed by atoms with E-state index in [1.165, 1.54) is 0 Å². The summed E-state index contributed by atoms with van der Waals surface area (Å²) in [6.45, 7) is 3.51. The standard InChI is InChI=1S/C18H21IN2O4S/c1-13(2)25-17-10-8-16(9-11-17)21(26(3,23)24)12-18(22)20-15-6-4-14(19)5-7-15/h4-11,13H,12H2,1-3H3,(H,20,22). The monoisotopic (exact) mass is 488 g/mol. The summed E-state index contributed by atoms with van der Waals surface area (Å²) >= 11 is 2.17. The summed E-state index contributed by atoms with van der Waals surface area (Å²) in [6.07, 6.45) is 1.09. The number of halogens is 1. The summed E-state index contributed by atoms with van der Waals surface area (Å²) in [5.74, 6) is 0.222. The van der Waals surface area contributed by atoms with E-state index in [4.69, 9.17) is 4.74 Å². The molecule has 0 aliphatic carbocycles. The van der Waals surface area contributed by atoms with Crippen LogP contribution in [0.5, 0.6) is 5.75 Å². The molecule has 0 radical (unpaired) electrons. The largest absolute Gasteiger partial charge is 0.491 e. The predicted octanol–water partition coefficient (Wildman–Crippen LogP) is 3.48. The number of hydrogen-bond acceptors (Lipinski definition) is 4. The topological polar surface area (TPSA) is 75.7 Å². The van der Waals surface area contributed by atoms with Crippen LogP contribution in [0.25, 0.3) is 0 Å². The van der Waals surface area contributed by atoms with Gasteiger partial charge in [-0.2, -0.15) is 0 Å². The predicted molar refractivity (Wildman–Crippen MR) is 112 cm³/mol. The van der Waals surface area contributed by atoms with E-state index in [-0.39, 0.29) is 12.6 Å². The van der Waals surface area contributed by atoms with Crippen molar-refractivity contribution >= 4 is 49.9 Å². The number of amides is 1. The smallest absolute Gasteiger partial charge is 0.245 e. The Balaban J connectivity index is 2.14. The fraction of sp³-hybridized carbons (Fsp3) is 0.278. The van der Waals surface area contributed by atoms with E-state index in [1.807, 2.05) is 26.0 Å². The molecule has 0 heterocycles. The Bertz CT molecular complexity index is 850. The van der Waals surface area contributed by atoms with Gasteiger partial charge in [-0.1, -0.05) is 0 Å². The van der Waals surface area contributed by atoms with Gasteiger partial charge in [-0.3, -0.25) is 9.10 Å². The highest BCUT2D eigenvalue weighted by atomic mass is 127. The van der Waals surface area contributed by atoms with Crippen LogP contribution in [0.4, 0.5) is 11.4 Å². The SMILES string of the molecule is CC(C)Oc1ccc(N(CC(=O)Nc2ccc(I)cc2)S(C)(=O)=O)cc1. The molecule has 1 amide bonds. The van der Waals surface area contributed by atoms with E-state index >= 15 is 0 Å². The van der Waals surface area contributed by atoms with Gasteiger partial charge in [-0.25, -0.2) is 8.42 Å². The molecular formula is C18H21IN2O4S. The van der Waals surface area contributed by atoms with E-state index < -0.39 is 15.9 Å². The highest BCUT2D eigenvalue weighted by Gasteiger charge is 2.21. The third-order valence-corrected chi connectivity index (χ3v) is 5.17. The molecule has 2 aromatic rings. The highest BCUT2D eigenvalue weighted by molar-refractivity contribution is 14.1. The normalized spacial score (nSPS) is 11.3. The number of anilines is 2. The van der Waals surface area contributed by atoms with Crippen LogP contribution in [0, 0.1) is 3.57 Å². The van der Waals surface area contributed by atoms with Gasteiger partial charge >= 0.3 is 0 Å². The number of nitrogens with one attached hydrogen (secondary N) is 1. The van der Waals surface area contributed by atoms with Gasteiger partial charge in [0.05, 0.1) is 18.0 Å². The van der Waals surface area contributed by atoms with Crippen molar-refractivity contribution in [2.75, 3.05) is 22.4 Å². The molecular weight excluding hydrogens is 467 g/mol. The van der Waals surface area contributed by atoms with Gasteiger partial charge in [0.25, 0.3) is 0 Å². The van der Waals surface area contributed by atoms with Crippen molar-refractivity contribution in [3.8, 4) is 5.75 Å². The first-order valence-electron chi connectivity index (χ1n) is 7.95. The van der Waals surface area contributed by atoms with Crippen LogP contribution in [0.2, 0.25) is 0 Å². The molecule has 140 valence electrons. The van der Waals surface area contributed by atoms with E-state index in [0.29, 0.717) is 17.1 Å². The van der Waals surface area contributed by atoms with E-state index in [2.05, 4.69) is 27.9 Å². The molecule has 26 heavy (non-hydrogen) atoms. The minimum Gasteiger partial charge on any atom is -0.491 e. The minimum atomic E-state index is -3.62. The van der Waals surface area contributed by atoms with Crippen LogP contribution in [-0.2, 0) is 14.8 Å². The number of carbonyl (C=O) groups excluding carboxylic acids is 1. The van der Waals surface area contributed by atoms with Crippen molar-refractivity contribution in [2.45, 2.75) is 20.0 Å². The maximum absolute atomic E-state index is 12.3. The summed E-state index contributed by atoms with van der Waals surface area (Å²) in [4.78, 5) is 12.3. The fourth-order valence-corrected chi connectivity index (χ4v) is 3.44. The van der Waals surface area contributed by atoms with Crippen LogP contribution >= 0.6 is 22.6 Å². The average Bonchev–Trinajstić information content (AvgIpc) is 2.54. The average molecular weight is 488 g/mol.